The first-order valence-electron chi connectivity index (χ1n) is 7.79. The van der Waals surface area contributed by atoms with E-state index < -0.39 is 6.10 Å². The molecule has 0 radical (unpaired) electrons. The number of aryl methyl sites for hydroxylation is 2. The lowest BCUT2D eigenvalue weighted by Crippen LogP contribution is -2.52. The van der Waals surface area contributed by atoms with Crippen molar-refractivity contribution < 1.29 is 5.11 Å². The van der Waals surface area contributed by atoms with Gasteiger partial charge < -0.3 is 10.0 Å². The average Bonchev–Trinajstić information content (AvgIpc) is 2.37. The van der Waals surface area contributed by atoms with Crippen LogP contribution in [-0.2, 0) is 0 Å². The highest BCUT2D eigenvalue weighted by molar-refractivity contribution is 5.34. The number of aliphatic hydroxyl groups is 1. The van der Waals surface area contributed by atoms with Crippen molar-refractivity contribution in [3.63, 3.8) is 0 Å². The lowest BCUT2D eigenvalue weighted by molar-refractivity contribution is -0.0453. The smallest absolute Gasteiger partial charge is 0.0976 e. The van der Waals surface area contributed by atoms with Gasteiger partial charge in [0.15, 0.2) is 0 Å². The molecule has 0 aliphatic heterocycles. The van der Waals surface area contributed by atoms with Crippen LogP contribution in [0.25, 0.3) is 0 Å². The molecule has 0 aromatic heterocycles. The summed E-state index contributed by atoms with van der Waals surface area (Å²) in [5.41, 5.74) is 3.45. The third kappa shape index (κ3) is 2.77. The van der Waals surface area contributed by atoms with Crippen LogP contribution in [0.2, 0.25) is 0 Å². The molecule has 1 saturated carbocycles. The Morgan fingerprint density at radius 1 is 1.30 bits per heavy atom. The van der Waals surface area contributed by atoms with Crippen LogP contribution in [0.4, 0.5) is 0 Å². The van der Waals surface area contributed by atoms with Crippen molar-refractivity contribution in [1.29, 1.82) is 0 Å². The molecule has 2 nitrogen and oxygen atoms in total. The molecule has 1 N–H and O–H groups in total. The van der Waals surface area contributed by atoms with Crippen molar-refractivity contribution in [2.24, 2.45) is 5.92 Å². The third-order valence-electron chi connectivity index (χ3n) is 5.13. The summed E-state index contributed by atoms with van der Waals surface area (Å²) in [6.07, 6.45) is 4.25. The van der Waals surface area contributed by atoms with Gasteiger partial charge in [0.2, 0.25) is 0 Å². The minimum Gasteiger partial charge on any atom is -0.386 e. The summed E-state index contributed by atoms with van der Waals surface area (Å²) in [7, 11) is 4.23. The first kappa shape index (κ1) is 15.5. The van der Waals surface area contributed by atoms with Gasteiger partial charge in [-0.05, 0) is 57.8 Å². The van der Waals surface area contributed by atoms with Gasteiger partial charge in [0, 0.05) is 0 Å². The fourth-order valence-electron chi connectivity index (χ4n) is 3.89. The number of nitrogens with zero attached hydrogens (tertiary/aromatic N) is 1. The Labute approximate surface area is 123 Å². The zero-order chi connectivity index (χ0) is 14.9. The Morgan fingerprint density at radius 3 is 2.55 bits per heavy atom. The molecule has 0 saturated heterocycles. The van der Waals surface area contributed by atoms with Crippen LogP contribution in [0.5, 0.6) is 0 Å². The van der Waals surface area contributed by atoms with Gasteiger partial charge in [-0.3, -0.25) is 0 Å². The van der Waals surface area contributed by atoms with Crippen LogP contribution in [-0.4, -0.2) is 29.6 Å². The molecular weight excluding hydrogens is 246 g/mol. The number of aliphatic hydroxyl groups excluding tert-OH is 1. The quantitative estimate of drug-likeness (QED) is 0.906. The Balaban J connectivity index is 2.38. The van der Waals surface area contributed by atoms with Crippen molar-refractivity contribution >= 4 is 0 Å². The van der Waals surface area contributed by atoms with Crippen LogP contribution in [0.3, 0.4) is 0 Å². The Hall–Kier alpha value is -0.860. The number of hydrogen-bond donors (Lipinski definition) is 1. The van der Waals surface area contributed by atoms with Gasteiger partial charge in [-0.25, -0.2) is 0 Å². The molecule has 1 aromatic carbocycles. The third-order valence-corrected chi connectivity index (χ3v) is 5.13. The number of rotatable bonds is 3. The van der Waals surface area contributed by atoms with Gasteiger partial charge in [0.25, 0.3) is 0 Å². The van der Waals surface area contributed by atoms with E-state index in [1.54, 1.807) is 0 Å². The summed E-state index contributed by atoms with van der Waals surface area (Å²) in [6.45, 7) is 6.53. The molecule has 112 valence electrons. The summed E-state index contributed by atoms with van der Waals surface area (Å²) in [6, 6.07) is 6.40. The topological polar surface area (TPSA) is 23.5 Å². The van der Waals surface area contributed by atoms with E-state index in [1.807, 2.05) is 0 Å². The zero-order valence-electron chi connectivity index (χ0n) is 13.6. The molecule has 0 spiro atoms. The molecule has 0 heterocycles. The Morgan fingerprint density at radius 2 is 2.00 bits per heavy atom. The fraction of sp³-hybridized carbons (Fsp3) is 0.667. The molecule has 1 aliphatic carbocycles. The molecule has 2 heteroatoms. The zero-order valence-corrected chi connectivity index (χ0v) is 13.6. The highest BCUT2D eigenvalue weighted by atomic mass is 16.3. The van der Waals surface area contributed by atoms with Crippen LogP contribution < -0.4 is 0 Å². The largest absolute Gasteiger partial charge is 0.386 e. The van der Waals surface area contributed by atoms with Crippen molar-refractivity contribution in [2.75, 3.05) is 14.1 Å². The van der Waals surface area contributed by atoms with E-state index in [4.69, 9.17) is 0 Å². The Bertz CT molecular complexity index is 468. The fourth-order valence-corrected chi connectivity index (χ4v) is 3.89. The molecule has 0 bridgehead atoms. The standard InChI is InChI=1S/C18H29NO/c1-13-8-9-16(15(3)11-13)17(20)18(19(4)5)10-6-7-14(2)12-18/h8-9,11,14,17,20H,6-7,10,12H2,1-5H3. The van der Waals surface area contributed by atoms with Crippen LogP contribution >= 0.6 is 0 Å². The van der Waals surface area contributed by atoms with Crippen molar-refractivity contribution in [3.8, 4) is 0 Å². The van der Waals surface area contributed by atoms with E-state index in [0.29, 0.717) is 5.92 Å². The van der Waals surface area contributed by atoms with Crippen molar-refractivity contribution in [3.05, 3.63) is 34.9 Å². The van der Waals surface area contributed by atoms with Crippen LogP contribution in [0.15, 0.2) is 18.2 Å². The molecule has 3 unspecified atom stereocenters. The average molecular weight is 275 g/mol. The monoisotopic (exact) mass is 275 g/mol. The van der Waals surface area contributed by atoms with E-state index >= 15 is 0 Å². The summed E-state index contributed by atoms with van der Waals surface area (Å²) >= 11 is 0. The second kappa shape index (κ2) is 5.87. The molecule has 3 atom stereocenters. The lowest BCUT2D eigenvalue weighted by Gasteiger charge is -2.48. The molecule has 0 amide bonds. The van der Waals surface area contributed by atoms with Crippen LogP contribution in [0, 0.1) is 19.8 Å². The lowest BCUT2D eigenvalue weighted by atomic mass is 9.70. The second-order valence-corrected chi connectivity index (χ2v) is 6.96. The highest BCUT2D eigenvalue weighted by Gasteiger charge is 2.44. The maximum absolute atomic E-state index is 11.1. The maximum atomic E-state index is 11.1. The highest BCUT2D eigenvalue weighted by Crippen LogP contribution is 2.44. The molecule has 2 rings (SSSR count). The van der Waals surface area contributed by atoms with E-state index in [1.165, 1.54) is 24.0 Å². The summed E-state index contributed by atoms with van der Waals surface area (Å²) in [5.74, 6) is 0.687. The van der Waals surface area contributed by atoms with Gasteiger partial charge in [-0.2, -0.15) is 0 Å². The van der Waals surface area contributed by atoms with Crippen LogP contribution in [0.1, 0.15) is 55.4 Å². The first-order valence-corrected chi connectivity index (χ1v) is 7.79. The molecule has 1 fully saturated rings. The molecular formula is C18H29NO. The van der Waals surface area contributed by atoms with E-state index in [0.717, 1.165) is 18.4 Å². The summed E-state index contributed by atoms with van der Waals surface area (Å²) < 4.78 is 0. The molecule has 20 heavy (non-hydrogen) atoms. The van der Waals surface area contributed by atoms with Crippen molar-refractivity contribution in [1.82, 2.24) is 4.90 Å². The van der Waals surface area contributed by atoms with E-state index in [9.17, 15) is 5.11 Å². The number of benzene rings is 1. The number of hydrogen-bond acceptors (Lipinski definition) is 2. The minimum atomic E-state index is -0.402. The van der Waals surface area contributed by atoms with Gasteiger partial charge in [-0.15, -0.1) is 0 Å². The molecule has 1 aliphatic rings. The normalized spacial score (nSPS) is 28.6. The predicted octanol–water partition coefficient (Wildman–Crippen LogP) is 3.85. The summed E-state index contributed by atoms with van der Waals surface area (Å²) in [5, 5.41) is 11.1. The maximum Gasteiger partial charge on any atom is 0.0976 e. The van der Waals surface area contributed by atoms with Crippen molar-refractivity contribution in [2.45, 2.75) is 58.1 Å². The van der Waals surface area contributed by atoms with E-state index in [2.05, 4.69) is 58.0 Å². The SMILES string of the molecule is Cc1ccc(C(O)C2(N(C)C)CCCC(C)C2)c(C)c1. The van der Waals surface area contributed by atoms with E-state index in [-0.39, 0.29) is 5.54 Å². The molecule has 1 aromatic rings. The number of likely N-dealkylation sites (N-methyl/N-ethyl adjacent to an activating group) is 1. The minimum absolute atomic E-state index is 0.113. The van der Waals surface area contributed by atoms with Gasteiger partial charge in [-0.1, -0.05) is 43.5 Å². The Kier molecular flexibility index (Phi) is 4.55. The summed E-state index contributed by atoms with van der Waals surface area (Å²) in [4.78, 5) is 2.26. The predicted molar refractivity (Wildman–Crippen MR) is 84.9 cm³/mol. The van der Waals surface area contributed by atoms with Gasteiger partial charge in [0.05, 0.1) is 11.6 Å². The van der Waals surface area contributed by atoms with Gasteiger partial charge >= 0.3 is 0 Å². The second-order valence-electron chi connectivity index (χ2n) is 6.96. The first-order chi connectivity index (χ1) is 9.36. The van der Waals surface area contributed by atoms with Gasteiger partial charge in [0.1, 0.15) is 0 Å².